The van der Waals surface area contributed by atoms with Crippen LogP contribution < -0.4 is 4.90 Å². The highest BCUT2D eigenvalue weighted by Crippen LogP contribution is 2.49. The zero-order valence-corrected chi connectivity index (χ0v) is 31.8. The Kier molecular flexibility index (Phi) is 7.39. The summed E-state index contributed by atoms with van der Waals surface area (Å²) < 4.78 is 6.71. The lowest BCUT2D eigenvalue weighted by atomic mass is 9.81. The Morgan fingerprint density at radius 3 is 2.07 bits per heavy atom. The van der Waals surface area contributed by atoms with E-state index in [0.717, 1.165) is 34.5 Å². The molecule has 0 amide bonds. The Hall–Kier alpha value is -7.42. The molecule has 2 aliphatic carbocycles. The molecule has 1 unspecified atom stereocenters. The predicted octanol–water partition coefficient (Wildman–Crippen LogP) is 15.2. The van der Waals surface area contributed by atoms with E-state index in [1.165, 1.54) is 82.2 Å². The first-order valence-electron chi connectivity index (χ1n) is 20.2. The fourth-order valence-electron chi connectivity index (χ4n) is 9.62. The predicted molar refractivity (Wildman–Crippen MR) is 245 cm³/mol. The van der Waals surface area contributed by atoms with E-state index >= 15 is 0 Å². The quantitative estimate of drug-likeness (QED) is 0.163. The molecule has 2 aliphatic rings. The fraction of sp³-hybridized carbons (Fsp3) is 0.0357. The van der Waals surface area contributed by atoms with Crippen molar-refractivity contribution in [1.29, 1.82) is 0 Å². The van der Waals surface area contributed by atoms with Crippen LogP contribution in [0.2, 0.25) is 0 Å². The molecule has 272 valence electrons. The maximum Gasteiger partial charge on any atom is 0.134 e. The van der Waals surface area contributed by atoms with Crippen LogP contribution in [-0.4, -0.2) is 0 Å². The van der Waals surface area contributed by atoms with Gasteiger partial charge in [0, 0.05) is 34.7 Å². The number of nitrogens with zero attached hydrogens (tertiary/aromatic N) is 1. The first-order valence-corrected chi connectivity index (χ1v) is 20.2. The monoisotopic (exact) mass is 739 g/mol. The lowest BCUT2D eigenvalue weighted by Crippen LogP contribution is -2.24. The summed E-state index contributed by atoms with van der Waals surface area (Å²) in [6.45, 7) is 0. The van der Waals surface area contributed by atoms with Gasteiger partial charge in [0.05, 0.1) is 5.70 Å². The summed E-state index contributed by atoms with van der Waals surface area (Å²) in [6, 6.07) is 66.6. The number of para-hydroxylation sites is 1. The lowest BCUT2D eigenvalue weighted by molar-refractivity contribution is 0.519. The Bertz CT molecular complexity index is 3390. The molecule has 1 aromatic heterocycles. The van der Waals surface area contributed by atoms with Crippen molar-refractivity contribution < 1.29 is 4.42 Å². The number of furan rings is 1. The molecule has 0 fully saturated rings. The van der Waals surface area contributed by atoms with Crippen LogP contribution in [0.4, 0.5) is 11.4 Å². The van der Waals surface area contributed by atoms with Crippen molar-refractivity contribution in [2.75, 3.05) is 4.90 Å². The number of allylic oxidation sites excluding steroid dienone is 5. The van der Waals surface area contributed by atoms with Crippen molar-refractivity contribution in [1.82, 2.24) is 0 Å². The Morgan fingerprint density at radius 1 is 0.448 bits per heavy atom. The minimum Gasteiger partial charge on any atom is -0.460 e. The maximum atomic E-state index is 6.71. The van der Waals surface area contributed by atoms with Crippen LogP contribution >= 0.6 is 0 Å². The van der Waals surface area contributed by atoms with Gasteiger partial charge in [-0.3, -0.25) is 0 Å². The van der Waals surface area contributed by atoms with Crippen molar-refractivity contribution in [2.24, 2.45) is 5.92 Å². The van der Waals surface area contributed by atoms with Gasteiger partial charge in [-0.15, -0.1) is 0 Å². The number of rotatable bonds is 5. The molecule has 0 N–H and O–H groups in total. The Balaban J connectivity index is 1.10. The second-order valence-corrected chi connectivity index (χ2v) is 15.6. The van der Waals surface area contributed by atoms with E-state index in [9.17, 15) is 0 Å². The summed E-state index contributed by atoms with van der Waals surface area (Å²) in [5.41, 5.74) is 11.6. The van der Waals surface area contributed by atoms with Crippen molar-refractivity contribution in [3.63, 3.8) is 0 Å². The number of hydrogen-bond acceptors (Lipinski definition) is 2. The smallest absolute Gasteiger partial charge is 0.134 e. The Morgan fingerprint density at radius 2 is 1.16 bits per heavy atom. The highest BCUT2D eigenvalue weighted by Gasteiger charge is 2.34. The summed E-state index contributed by atoms with van der Waals surface area (Å²) in [6.07, 6.45) is 9.83. The number of fused-ring (bicyclic) bond motifs is 9. The van der Waals surface area contributed by atoms with E-state index < -0.39 is 0 Å². The molecule has 10 aromatic rings. The first-order chi connectivity index (χ1) is 28.7. The molecule has 2 heteroatoms. The van der Waals surface area contributed by atoms with Crippen molar-refractivity contribution in [3.8, 4) is 22.3 Å². The van der Waals surface area contributed by atoms with Gasteiger partial charge in [-0.2, -0.15) is 0 Å². The van der Waals surface area contributed by atoms with Crippen LogP contribution in [0.1, 0.15) is 11.3 Å². The Labute approximate surface area is 336 Å². The summed E-state index contributed by atoms with van der Waals surface area (Å²) in [5.74, 6) is 1.24. The van der Waals surface area contributed by atoms with E-state index in [1.807, 2.05) is 0 Å². The summed E-state index contributed by atoms with van der Waals surface area (Å²) in [7, 11) is 0. The van der Waals surface area contributed by atoms with E-state index in [0.29, 0.717) is 0 Å². The van der Waals surface area contributed by atoms with Crippen LogP contribution in [0.5, 0.6) is 0 Å². The van der Waals surface area contributed by atoms with Gasteiger partial charge < -0.3 is 9.32 Å². The minimum absolute atomic E-state index is 0.201. The second-order valence-electron chi connectivity index (χ2n) is 15.6. The highest BCUT2D eigenvalue weighted by atomic mass is 16.3. The van der Waals surface area contributed by atoms with E-state index in [4.69, 9.17) is 4.42 Å². The van der Waals surface area contributed by atoms with Gasteiger partial charge >= 0.3 is 0 Å². The van der Waals surface area contributed by atoms with Crippen molar-refractivity contribution >= 4 is 71.1 Å². The van der Waals surface area contributed by atoms with E-state index in [2.05, 4.69) is 211 Å². The molecule has 0 aliphatic heterocycles. The number of hydrogen-bond donors (Lipinski definition) is 0. The van der Waals surface area contributed by atoms with Gasteiger partial charge in [0.1, 0.15) is 11.3 Å². The molecule has 58 heavy (non-hydrogen) atoms. The largest absolute Gasteiger partial charge is 0.460 e. The van der Waals surface area contributed by atoms with Gasteiger partial charge in [-0.25, -0.2) is 0 Å². The van der Waals surface area contributed by atoms with Crippen LogP contribution in [0.3, 0.4) is 0 Å². The van der Waals surface area contributed by atoms with Crippen LogP contribution in [0.15, 0.2) is 216 Å². The van der Waals surface area contributed by atoms with Crippen LogP contribution in [0, 0.1) is 5.92 Å². The van der Waals surface area contributed by atoms with Gasteiger partial charge in [0.15, 0.2) is 0 Å². The number of benzene rings is 9. The molecular formula is C56H37NO. The van der Waals surface area contributed by atoms with Gasteiger partial charge in [-0.05, 0) is 113 Å². The van der Waals surface area contributed by atoms with Crippen molar-refractivity contribution in [2.45, 2.75) is 6.42 Å². The average molecular weight is 740 g/mol. The third-order valence-electron chi connectivity index (χ3n) is 12.3. The molecule has 0 saturated heterocycles. The third kappa shape index (κ3) is 5.19. The highest BCUT2D eigenvalue weighted by molar-refractivity contribution is 6.16. The zero-order valence-electron chi connectivity index (χ0n) is 31.8. The summed E-state index contributed by atoms with van der Waals surface area (Å²) in [5, 5.41) is 11.1. The van der Waals surface area contributed by atoms with Crippen LogP contribution in [-0.2, 0) is 6.42 Å². The zero-order chi connectivity index (χ0) is 38.2. The lowest BCUT2D eigenvalue weighted by Gasteiger charge is -2.35. The molecule has 1 atom stereocenters. The molecular weight excluding hydrogens is 703 g/mol. The molecule has 9 aromatic carbocycles. The fourth-order valence-corrected chi connectivity index (χ4v) is 9.62. The SMILES string of the molecule is C1=CC2=C(N(c3cccc(-c4ccc5ccccc5c4)c3)c3ccc4c(-c5cc6ccccc6c6ccccc56)cccc4c3)c3c(oc4ccccc34)CC2C=C1. The molecule has 0 bridgehead atoms. The minimum atomic E-state index is 0.201. The summed E-state index contributed by atoms with van der Waals surface area (Å²) >= 11 is 0. The van der Waals surface area contributed by atoms with Gasteiger partial charge in [0.2, 0.25) is 0 Å². The summed E-state index contributed by atoms with van der Waals surface area (Å²) in [4.78, 5) is 2.49. The average Bonchev–Trinajstić information content (AvgIpc) is 3.66. The molecule has 0 radical (unpaired) electrons. The third-order valence-corrected chi connectivity index (χ3v) is 12.3. The van der Waals surface area contributed by atoms with E-state index in [-0.39, 0.29) is 5.92 Å². The normalized spacial score (nSPS) is 14.8. The molecule has 0 saturated carbocycles. The molecule has 1 heterocycles. The maximum absolute atomic E-state index is 6.71. The van der Waals surface area contributed by atoms with Gasteiger partial charge in [0.25, 0.3) is 0 Å². The second kappa shape index (κ2) is 13.1. The van der Waals surface area contributed by atoms with Gasteiger partial charge in [-0.1, -0.05) is 164 Å². The standard InChI is InChI=1S/C56H37NO/c1-2-14-37-31-39(28-27-36(37)13-1)38-17-11-19-43(32-38)57(56-47-21-6-4-16-42(47)35-54-55(56)51-24-9-10-26-53(51)58-54)44-29-30-46-40(33-44)18-12-25-49(46)52-34-41-15-3-5-20-45(41)48-22-7-8-23-50(48)52/h1-34,42H,35H2. The van der Waals surface area contributed by atoms with E-state index in [1.54, 1.807) is 0 Å². The van der Waals surface area contributed by atoms with Crippen LogP contribution in [0.25, 0.3) is 82.0 Å². The molecule has 0 spiro atoms. The number of anilines is 2. The van der Waals surface area contributed by atoms with Crippen molar-refractivity contribution in [3.05, 3.63) is 223 Å². The first kappa shape index (κ1) is 32.8. The molecule has 2 nitrogen and oxygen atoms in total. The molecule has 12 rings (SSSR count). The topological polar surface area (TPSA) is 16.4 Å².